The highest BCUT2D eigenvalue weighted by molar-refractivity contribution is 9.10. The van der Waals surface area contributed by atoms with Crippen LogP contribution in [0.25, 0.3) is 11.0 Å². The number of phenolic OH excluding ortho intramolecular Hbond substituents is 1. The third kappa shape index (κ3) is 2.43. The van der Waals surface area contributed by atoms with Crippen LogP contribution in [0.4, 0.5) is 0 Å². The molecule has 1 unspecified atom stereocenters. The zero-order chi connectivity index (χ0) is 18.4. The summed E-state index contributed by atoms with van der Waals surface area (Å²) in [4.78, 5) is 12.7. The first-order valence-corrected chi connectivity index (χ1v) is 8.41. The average molecular weight is 411 g/mol. The second kappa shape index (κ2) is 5.93. The second-order valence-electron chi connectivity index (χ2n) is 5.79. The summed E-state index contributed by atoms with van der Waals surface area (Å²) in [5, 5.41) is 19.8. The zero-order valence-electron chi connectivity index (χ0n) is 13.2. The smallest absolute Gasteiger partial charge is 0.344 e. The summed E-state index contributed by atoms with van der Waals surface area (Å²) in [6.45, 7) is 0. The van der Waals surface area contributed by atoms with Crippen LogP contribution in [0.3, 0.4) is 0 Å². The molecule has 7 heteroatoms. The van der Waals surface area contributed by atoms with Gasteiger partial charge in [0.1, 0.15) is 23.0 Å². The number of rotatable bonds is 1. The third-order valence-corrected chi connectivity index (χ3v) is 4.78. The number of hydrogen-bond donors (Lipinski definition) is 2. The summed E-state index contributed by atoms with van der Waals surface area (Å²) in [7, 11) is 0. The van der Waals surface area contributed by atoms with Crippen molar-refractivity contribution in [3.8, 4) is 17.6 Å². The maximum absolute atomic E-state index is 12.7. The van der Waals surface area contributed by atoms with Crippen molar-refractivity contribution in [3.05, 3.63) is 79.9 Å². The second-order valence-corrected chi connectivity index (χ2v) is 6.70. The van der Waals surface area contributed by atoms with Gasteiger partial charge in [-0.3, -0.25) is 0 Å². The molecule has 1 aromatic heterocycles. The van der Waals surface area contributed by atoms with Crippen molar-refractivity contribution in [3.63, 3.8) is 0 Å². The standard InChI is InChI=1S/C19H11BrN2O4/c20-10-3-1-9(2-4-10)15-13(8-21)18(22)26-17-12-7-11(23)5-6-14(12)25-19(24)16(15)17/h1-7,15,23H,22H2. The molecule has 0 saturated heterocycles. The minimum Gasteiger partial charge on any atom is -0.508 e. The molecular formula is C19H11BrN2O4. The quantitative estimate of drug-likeness (QED) is 0.594. The van der Waals surface area contributed by atoms with Crippen LogP contribution in [0.15, 0.2) is 67.6 Å². The molecule has 3 N–H and O–H groups in total. The summed E-state index contributed by atoms with van der Waals surface area (Å²) >= 11 is 3.37. The SMILES string of the molecule is N#CC1=C(N)Oc2c(c(=O)oc3ccc(O)cc23)C1c1ccc(Br)cc1. The van der Waals surface area contributed by atoms with Gasteiger partial charge in [-0.1, -0.05) is 28.1 Å². The van der Waals surface area contributed by atoms with E-state index in [1.54, 1.807) is 12.1 Å². The van der Waals surface area contributed by atoms with Gasteiger partial charge in [0, 0.05) is 4.47 Å². The maximum atomic E-state index is 12.7. The van der Waals surface area contributed by atoms with Crippen molar-refractivity contribution in [2.45, 2.75) is 5.92 Å². The van der Waals surface area contributed by atoms with E-state index in [-0.39, 0.29) is 34.1 Å². The highest BCUT2D eigenvalue weighted by Gasteiger charge is 2.35. The normalized spacial score (nSPS) is 16.1. The molecule has 3 aromatic rings. The highest BCUT2D eigenvalue weighted by Crippen LogP contribution is 2.44. The first-order chi connectivity index (χ1) is 12.5. The Hall–Kier alpha value is -3.24. The fourth-order valence-corrected chi connectivity index (χ4v) is 3.36. The molecule has 0 bridgehead atoms. The number of benzene rings is 2. The summed E-state index contributed by atoms with van der Waals surface area (Å²) in [5.74, 6) is -0.620. The number of halogens is 1. The van der Waals surface area contributed by atoms with Crippen LogP contribution in [0.5, 0.6) is 11.5 Å². The lowest BCUT2D eigenvalue weighted by Gasteiger charge is -2.26. The molecule has 1 aliphatic heterocycles. The number of hydrogen-bond acceptors (Lipinski definition) is 6. The number of phenols is 1. The van der Waals surface area contributed by atoms with Crippen LogP contribution in [0, 0.1) is 11.3 Å². The van der Waals surface area contributed by atoms with Gasteiger partial charge >= 0.3 is 5.63 Å². The van der Waals surface area contributed by atoms with Gasteiger partial charge in [0.2, 0.25) is 5.88 Å². The van der Waals surface area contributed by atoms with Gasteiger partial charge in [0.05, 0.1) is 16.9 Å². The zero-order valence-corrected chi connectivity index (χ0v) is 14.8. The van der Waals surface area contributed by atoms with E-state index in [0.29, 0.717) is 10.9 Å². The molecule has 4 rings (SSSR count). The topological polar surface area (TPSA) is 109 Å². The summed E-state index contributed by atoms with van der Waals surface area (Å²) in [6, 6.07) is 13.6. The van der Waals surface area contributed by atoms with Gasteiger partial charge < -0.3 is 20.0 Å². The van der Waals surface area contributed by atoms with E-state index in [9.17, 15) is 15.2 Å². The molecule has 0 radical (unpaired) electrons. The van der Waals surface area contributed by atoms with E-state index in [0.717, 1.165) is 4.47 Å². The van der Waals surface area contributed by atoms with Crippen molar-refractivity contribution in [1.29, 1.82) is 5.26 Å². The van der Waals surface area contributed by atoms with Gasteiger partial charge in [0.25, 0.3) is 0 Å². The summed E-state index contributed by atoms with van der Waals surface area (Å²) < 4.78 is 11.9. The number of nitriles is 1. The number of fused-ring (bicyclic) bond motifs is 3. The Morgan fingerprint density at radius 1 is 1.19 bits per heavy atom. The van der Waals surface area contributed by atoms with Crippen molar-refractivity contribution in [2.75, 3.05) is 0 Å². The minimum absolute atomic E-state index is 0.00836. The third-order valence-electron chi connectivity index (χ3n) is 4.25. The number of nitrogens with two attached hydrogens (primary N) is 1. The van der Waals surface area contributed by atoms with Crippen LogP contribution in [0.2, 0.25) is 0 Å². The van der Waals surface area contributed by atoms with E-state index >= 15 is 0 Å². The summed E-state index contributed by atoms with van der Waals surface area (Å²) in [5.41, 5.74) is 6.62. The Kier molecular flexibility index (Phi) is 3.71. The average Bonchev–Trinajstić information content (AvgIpc) is 2.62. The van der Waals surface area contributed by atoms with Gasteiger partial charge in [-0.15, -0.1) is 0 Å². The number of ether oxygens (including phenoxy) is 1. The monoisotopic (exact) mass is 410 g/mol. The van der Waals surface area contributed by atoms with Gasteiger partial charge in [-0.25, -0.2) is 4.79 Å². The highest BCUT2D eigenvalue weighted by atomic mass is 79.9. The minimum atomic E-state index is -0.722. The van der Waals surface area contributed by atoms with Gasteiger partial charge in [0.15, 0.2) is 5.75 Å². The van der Waals surface area contributed by atoms with Crippen LogP contribution in [0.1, 0.15) is 17.0 Å². The molecule has 0 amide bonds. The molecule has 0 saturated carbocycles. The van der Waals surface area contributed by atoms with E-state index in [2.05, 4.69) is 15.9 Å². The predicted molar refractivity (Wildman–Crippen MR) is 97.6 cm³/mol. The fourth-order valence-electron chi connectivity index (χ4n) is 3.10. The Bertz CT molecular complexity index is 1170. The lowest BCUT2D eigenvalue weighted by Crippen LogP contribution is -2.26. The van der Waals surface area contributed by atoms with E-state index in [1.807, 2.05) is 18.2 Å². The molecule has 6 nitrogen and oxygen atoms in total. The lowest BCUT2D eigenvalue weighted by molar-refractivity contribution is 0.387. The number of aromatic hydroxyl groups is 1. The van der Waals surface area contributed by atoms with E-state index in [4.69, 9.17) is 14.9 Å². The fraction of sp³-hybridized carbons (Fsp3) is 0.0526. The van der Waals surface area contributed by atoms with Crippen molar-refractivity contribution >= 4 is 26.9 Å². The molecule has 2 aromatic carbocycles. The lowest BCUT2D eigenvalue weighted by atomic mass is 9.84. The Morgan fingerprint density at radius 2 is 1.92 bits per heavy atom. The van der Waals surface area contributed by atoms with Crippen LogP contribution >= 0.6 is 15.9 Å². The largest absolute Gasteiger partial charge is 0.508 e. The number of nitrogens with zero attached hydrogens (tertiary/aromatic N) is 1. The van der Waals surface area contributed by atoms with Crippen LogP contribution < -0.4 is 16.1 Å². The Balaban J connectivity index is 2.08. The molecule has 128 valence electrons. The van der Waals surface area contributed by atoms with E-state index in [1.165, 1.54) is 18.2 Å². The maximum Gasteiger partial charge on any atom is 0.344 e. The molecule has 1 aliphatic rings. The summed E-state index contributed by atoms with van der Waals surface area (Å²) in [6.07, 6.45) is 0. The Morgan fingerprint density at radius 3 is 2.62 bits per heavy atom. The van der Waals surface area contributed by atoms with Crippen molar-refractivity contribution in [1.82, 2.24) is 0 Å². The van der Waals surface area contributed by atoms with Crippen molar-refractivity contribution < 1.29 is 14.3 Å². The molecule has 2 heterocycles. The van der Waals surface area contributed by atoms with E-state index < -0.39 is 11.5 Å². The molecule has 0 spiro atoms. The first kappa shape index (κ1) is 16.2. The molecule has 1 atom stereocenters. The first-order valence-electron chi connectivity index (χ1n) is 7.62. The van der Waals surface area contributed by atoms with Gasteiger partial charge in [-0.05, 0) is 35.9 Å². The van der Waals surface area contributed by atoms with Crippen LogP contribution in [-0.2, 0) is 0 Å². The molecule has 0 fully saturated rings. The molecule has 26 heavy (non-hydrogen) atoms. The van der Waals surface area contributed by atoms with Crippen LogP contribution in [-0.4, -0.2) is 5.11 Å². The predicted octanol–water partition coefficient (Wildman–Crippen LogP) is 3.48. The number of allylic oxidation sites excluding steroid dienone is 1. The molecular weight excluding hydrogens is 400 g/mol. The van der Waals surface area contributed by atoms with Crippen molar-refractivity contribution in [2.24, 2.45) is 5.73 Å². The Labute approximate surface area is 155 Å². The molecule has 0 aliphatic carbocycles. The van der Waals surface area contributed by atoms with Gasteiger partial charge in [-0.2, -0.15) is 5.26 Å².